The van der Waals surface area contributed by atoms with E-state index in [1.807, 2.05) is 49.8 Å². The summed E-state index contributed by atoms with van der Waals surface area (Å²) in [4.78, 5) is 4.20. The van der Waals surface area contributed by atoms with Crippen molar-refractivity contribution in [3.63, 3.8) is 0 Å². The van der Waals surface area contributed by atoms with Gasteiger partial charge in [-0.05, 0) is 68.6 Å². The zero-order valence-electron chi connectivity index (χ0n) is 20.5. The number of hydrogen-bond acceptors (Lipinski definition) is 6. The Bertz CT molecular complexity index is 1220. The van der Waals surface area contributed by atoms with Crippen molar-refractivity contribution in [2.75, 3.05) is 19.7 Å². The summed E-state index contributed by atoms with van der Waals surface area (Å²) in [5, 5.41) is 17.2. The Labute approximate surface area is 207 Å². The lowest BCUT2D eigenvalue weighted by Gasteiger charge is -2.33. The molecule has 0 bridgehead atoms. The predicted octanol–water partition coefficient (Wildman–Crippen LogP) is 4.85. The molecular formula is C28H33N5O2. The van der Waals surface area contributed by atoms with E-state index in [1.54, 1.807) is 0 Å². The van der Waals surface area contributed by atoms with Gasteiger partial charge in [0.1, 0.15) is 23.3 Å². The van der Waals surface area contributed by atoms with Crippen LogP contribution in [0.4, 0.5) is 0 Å². The monoisotopic (exact) mass is 471 g/mol. The molecule has 2 atom stereocenters. The molecule has 3 aromatic rings. The molecule has 0 aliphatic carbocycles. The van der Waals surface area contributed by atoms with Crippen LogP contribution in [0, 0.1) is 18.3 Å². The van der Waals surface area contributed by atoms with E-state index in [9.17, 15) is 5.26 Å². The highest BCUT2D eigenvalue weighted by atomic mass is 16.5. The smallest absolute Gasteiger partial charge is 0.145 e. The molecule has 2 aromatic carbocycles. The van der Waals surface area contributed by atoms with Gasteiger partial charge in [0.15, 0.2) is 0 Å². The van der Waals surface area contributed by atoms with Gasteiger partial charge in [-0.3, -0.25) is 0 Å². The summed E-state index contributed by atoms with van der Waals surface area (Å²) in [5.74, 6) is 2.16. The maximum absolute atomic E-state index is 9.66. The Hall–Kier alpha value is -3.34. The molecule has 35 heavy (non-hydrogen) atoms. The second-order valence-corrected chi connectivity index (χ2v) is 9.64. The molecule has 0 spiro atoms. The lowest BCUT2D eigenvalue weighted by molar-refractivity contribution is 0.237. The lowest BCUT2D eigenvalue weighted by atomic mass is 9.92. The second kappa shape index (κ2) is 10.1. The molecule has 2 N–H and O–H groups in total. The van der Waals surface area contributed by atoms with Gasteiger partial charge in [0.25, 0.3) is 0 Å². The van der Waals surface area contributed by atoms with E-state index in [4.69, 9.17) is 9.47 Å². The lowest BCUT2D eigenvalue weighted by Crippen LogP contribution is -2.49. The molecule has 2 aliphatic heterocycles. The van der Waals surface area contributed by atoms with Gasteiger partial charge in [-0.15, -0.1) is 0 Å². The van der Waals surface area contributed by atoms with Crippen molar-refractivity contribution in [1.82, 2.24) is 20.2 Å². The topological polar surface area (TPSA) is 84.1 Å². The highest BCUT2D eigenvalue weighted by Gasteiger charge is 2.33. The van der Waals surface area contributed by atoms with E-state index in [2.05, 4.69) is 39.2 Å². The molecule has 7 heteroatoms. The predicted molar refractivity (Wildman–Crippen MR) is 135 cm³/mol. The molecular weight excluding hydrogens is 438 g/mol. The van der Waals surface area contributed by atoms with Crippen LogP contribution in [0.15, 0.2) is 48.9 Å². The summed E-state index contributed by atoms with van der Waals surface area (Å²) >= 11 is 0. The number of fused-ring (bicyclic) bond motifs is 1. The van der Waals surface area contributed by atoms with Crippen molar-refractivity contribution in [2.24, 2.45) is 0 Å². The summed E-state index contributed by atoms with van der Waals surface area (Å²) in [6.45, 7) is 7.69. The molecule has 2 aliphatic rings. The first kappa shape index (κ1) is 23.4. The maximum atomic E-state index is 9.66. The molecule has 0 radical (unpaired) electrons. The third kappa shape index (κ3) is 5.04. The average Bonchev–Trinajstić information content (AvgIpc) is 3.52. The van der Waals surface area contributed by atoms with Crippen molar-refractivity contribution < 1.29 is 9.47 Å². The number of ether oxygens (including phenoxy) is 2. The van der Waals surface area contributed by atoms with Gasteiger partial charge in [0, 0.05) is 48.5 Å². The number of nitrogens with one attached hydrogen (secondary N) is 2. The van der Waals surface area contributed by atoms with Crippen LogP contribution in [0.2, 0.25) is 0 Å². The molecule has 0 amide bonds. The van der Waals surface area contributed by atoms with Crippen LogP contribution < -0.4 is 20.1 Å². The van der Waals surface area contributed by atoms with Gasteiger partial charge in [-0.1, -0.05) is 13.0 Å². The summed E-state index contributed by atoms with van der Waals surface area (Å²) in [7, 11) is 0. The second-order valence-electron chi connectivity index (χ2n) is 9.64. The summed E-state index contributed by atoms with van der Waals surface area (Å²) in [6.07, 6.45) is 8.13. The van der Waals surface area contributed by atoms with Gasteiger partial charge in [-0.2, -0.15) is 5.26 Å². The molecule has 1 unspecified atom stereocenters. The van der Waals surface area contributed by atoms with Crippen molar-refractivity contribution in [1.29, 1.82) is 5.26 Å². The van der Waals surface area contributed by atoms with E-state index in [-0.39, 0.29) is 11.6 Å². The summed E-state index contributed by atoms with van der Waals surface area (Å²) in [6, 6.07) is 14.1. The zero-order valence-corrected chi connectivity index (χ0v) is 20.5. The van der Waals surface area contributed by atoms with Crippen LogP contribution in [0.5, 0.6) is 17.2 Å². The van der Waals surface area contributed by atoms with Crippen LogP contribution in [-0.4, -0.2) is 34.8 Å². The fraction of sp³-hybridized carbons (Fsp3) is 0.429. The van der Waals surface area contributed by atoms with Crippen molar-refractivity contribution in [2.45, 2.75) is 57.7 Å². The number of benzene rings is 2. The Morgan fingerprint density at radius 1 is 1.31 bits per heavy atom. The van der Waals surface area contributed by atoms with E-state index in [0.29, 0.717) is 30.2 Å². The molecule has 182 valence electrons. The Morgan fingerprint density at radius 2 is 2.23 bits per heavy atom. The highest BCUT2D eigenvalue weighted by molar-refractivity contribution is 5.50. The standard InChI is InChI=1S/C28H33N5O2/c1-3-28(10-4-11-32-28)18-31-25-9-12-34-26-8-7-23(14-24(25)26)35-27-13-21(5-6-22(27)15-29)17-33-19-30-16-20(33)2/h5-8,13-14,16,19,25,31-32H,3-4,9-12,17-18H2,1-2H3/t25?,28-/m0/s1. The van der Waals surface area contributed by atoms with E-state index in [0.717, 1.165) is 48.5 Å². The number of imidazole rings is 1. The first-order valence-electron chi connectivity index (χ1n) is 12.5. The van der Waals surface area contributed by atoms with E-state index < -0.39 is 0 Å². The third-order valence-corrected chi connectivity index (χ3v) is 7.38. The molecule has 1 fully saturated rings. The molecule has 7 nitrogen and oxygen atoms in total. The molecule has 5 rings (SSSR count). The Kier molecular flexibility index (Phi) is 6.76. The Morgan fingerprint density at radius 3 is 2.97 bits per heavy atom. The number of nitriles is 1. The number of nitrogens with zero attached hydrogens (tertiary/aromatic N) is 3. The van der Waals surface area contributed by atoms with Gasteiger partial charge in [0.05, 0.1) is 18.5 Å². The normalized spacial score (nSPS) is 21.2. The fourth-order valence-corrected chi connectivity index (χ4v) is 5.13. The largest absolute Gasteiger partial charge is 0.493 e. The third-order valence-electron chi connectivity index (χ3n) is 7.38. The minimum Gasteiger partial charge on any atom is -0.493 e. The maximum Gasteiger partial charge on any atom is 0.145 e. The zero-order chi connectivity index (χ0) is 24.3. The van der Waals surface area contributed by atoms with Crippen LogP contribution in [0.3, 0.4) is 0 Å². The molecule has 1 aromatic heterocycles. The van der Waals surface area contributed by atoms with Crippen LogP contribution in [0.25, 0.3) is 0 Å². The molecule has 0 saturated carbocycles. The van der Waals surface area contributed by atoms with E-state index >= 15 is 0 Å². The van der Waals surface area contributed by atoms with Gasteiger partial charge >= 0.3 is 0 Å². The highest BCUT2D eigenvalue weighted by Crippen LogP contribution is 2.37. The number of hydrogen-bond donors (Lipinski definition) is 2. The summed E-state index contributed by atoms with van der Waals surface area (Å²) < 4.78 is 14.3. The fourth-order valence-electron chi connectivity index (χ4n) is 5.13. The van der Waals surface area contributed by atoms with Crippen LogP contribution in [-0.2, 0) is 6.54 Å². The van der Waals surface area contributed by atoms with Gasteiger partial charge < -0.3 is 24.7 Å². The van der Waals surface area contributed by atoms with Crippen LogP contribution in [0.1, 0.15) is 61.0 Å². The van der Waals surface area contributed by atoms with Crippen molar-refractivity contribution in [3.05, 3.63) is 71.3 Å². The number of aryl methyl sites for hydroxylation is 1. The van der Waals surface area contributed by atoms with E-state index in [1.165, 1.54) is 12.8 Å². The minimum absolute atomic E-state index is 0.183. The average molecular weight is 472 g/mol. The first-order chi connectivity index (χ1) is 17.1. The Balaban J connectivity index is 1.36. The molecule has 1 saturated heterocycles. The number of rotatable bonds is 8. The van der Waals surface area contributed by atoms with Gasteiger partial charge in [-0.25, -0.2) is 4.98 Å². The first-order valence-corrected chi connectivity index (χ1v) is 12.5. The van der Waals surface area contributed by atoms with Crippen molar-refractivity contribution in [3.8, 4) is 23.3 Å². The minimum atomic E-state index is 0.183. The number of aromatic nitrogens is 2. The summed E-state index contributed by atoms with van der Waals surface area (Å²) in [5.41, 5.74) is 3.94. The van der Waals surface area contributed by atoms with Crippen molar-refractivity contribution >= 4 is 0 Å². The van der Waals surface area contributed by atoms with Gasteiger partial charge in [0.2, 0.25) is 0 Å². The van der Waals surface area contributed by atoms with Crippen LogP contribution >= 0.6 is 0 Å². The SMILES string of the molecule is CC[C@@]1(CNC2CCOc3ccc(Oc4cc(Cn5cncc5C)ccc4C#N)cc32)CCCN1. The quantitative estimate of drug-likeness (QED) is 0.489. The molecule has 3 heterocycles.